The van der Waals surface area contributed by atoms with Gasteiger partial charge in [0.15, 0.2) is 0 Å². The molecule has 0 aromatic carbocycles. The van der Waals surface area contributed by atoms with Crippen molar-refractivity contribution in [3.8, 4) is 0 Å². The Morgan fingerprint density at radius 1 is 0.850 bits per heavy atom. The summed E-state index contributed by atoms with van der Waals surface area (Å²) in [5.74, 6) is -11.6. The van der Waals surface area contributed by atoms with Crippen LogP contribution >= 0.6 is 0 Å². The van der Waals surface area contributed by atoms with Crippen molar-refractivity contribution in [3.05, 3.63) is 0 Å². The van der Waals surface area contributed by atoms with E-state index >= 15 is 0 Å². The molecule has 0 radical (unpaired) electrons. The minimum absolute atomic E-state index is 0.126. The Labute approximate surface area is 111 Å². The van der Waals surface area contributed by atoms with Crippen molar-refractivity contribution >= 4 is 0 Å². The molecule has 0 spiro atoms. The van der Waals surface area contributed by atoms with Gasteiger partial charge in [0.2, 0.25) is 0 Å². The minimum Gasteiger partial charge on any atom is -0.396 e. The highest BCUT2D eigenvalue weighted by atomic mass is 19.4. The molecule has 0 aromatic heterocycles. The molecule has 0 saturated carbocycles. The lowest BCUT2D eigenvalue weighted by atomic mass is 9.89. The van der Waals surface area contributed by atoms with Gasteiger partial charge in [0.25, 0.3) is 0 Å². The molecular weight excluding hydrogens is 297 g/mol. The topological polar surface area (TPSA) is 40.5 Å². The van der Waals surface area contributed by atoms with Gasteiger partial charge >= 0.3 is 18.0 Å². The van der Waals surface area contributed by atoms with Gasteiger partial charge in [-0.1, -0.05) is 12.8 Å². The van der Waals surface area contributed by atoms with E-state index in [-0.39, 0.29) is 19.4 Å². The van der Waals surface area contributed by atoms with Crippen molar-refractivity contribution in [2.24, 2.45) is 0 Å². The molecule has 1 atom stereocenters. The number of rotatable bonds is 8. The van der Waals surface area contributed by atoms with Crippen molar-refractivity contribution in [2.75, 3.05) is 6.61 Å². The second-order valence-corrected chi connectivity index (χ2v) is 4.98. The normalized spacial score (nSPS) is 17.1. The summed E-state index contributed by atoms with van der Waals surface area (Å²) < 4.78 is 87.3. The smallest absolute Gasteiger partial charge is 0.396 e. The lowest BCUT2D eigenvalue weighted by Crippen LogP contribution is -2.54. The van der Waals surface area contributed by atoms with Crippen molar-refractivity contribution in [2.45, 2.75) is 62.7 Å². The van der Waals surface area contributed by atoms with Gasteiger partial charge in [0.1, 0.15) is 0 Å². The molecule has 122 valence electrons. The molecule has 0 aromatic rings. The fourth-order valence-corrected chi connectivity index (χ4v) is 1.68. The van der Waals surface area contributed by atoms with Gasteiger partial charge in [-0.05, 0) is 19.8 Å². The molecule has 0 saturated heterocycles. The highest BCUT2D eigenvalue weighted by Crippen LogP contribution is 2.49. The maximum absolute atomic E-state index is 13.1. The number of aliphatic hydroxyl groups excluding tert-OH is 1. The summed E-state index contributed by atoms with van der Waals surface area (Å²) >= 11 is 0. The van der Waals surface area contributed by atoms with E-state index in [0.717, 1.165) is 6.92 Å². The molecular formula is C11H17F7O2. The molecule has 0 rings (SSSR count). The van der Waals surface area contributed by atoms with Gasteiger partial charge in [-0.2, -0.15) is 30.7 Å². The van der Waals surface area contributed by atoms with Gasteiger partial charge in [-0.15, -0.1) is 0 Å². The molecule has 0 aliphatic carbocycles. The Kier molecular flexibility index (Phi) is 6.28. The van der Waals surface area contributed by atoms with Crippen LogP contribution in [0.5, 0.6) is 0 Å². The van der Waals surface area contributed by atoms with Crippen LogP contribution in [0.15, 0.2) is 0 Å². The first-order valence-electron chi connectivity index (χ1n) is 5.92. The fourth-order valence-electron chi connectivity index (χ4n) is 1.68. The van der Waals surface area contributed by atoms with E-state index in [9.17, 15) is 35.8 Å². The minimum atomic E-state index is -6.39. The second-order valence-electron chi connectivity index (χ2n) is 4.98. The van der Waals surface area contributed by atoms with Gasteiger partial charge in [0, 0.05) is 13.0 Å². The third-order valence-electron chi connectivity index (χ3n) is 2.79. The Bertz CT molecular complexity index is 300. The molecule has 20 heavy (non-hydrogen) atoms. The first-order chi connectivity index (χ1) is 8.77. The summed E-state index contributed by atoms with van der Waals surface area (Å²) in [4.78, 5) is 0. The van der Waals surface area contributed by atoms with Crippen LogP contribution < -0.4 is 0 Å². The highest BCUT2D eigenvalue weighted by molar-refractivity contribution is 4.95. The zero-order chi connectivity index (χ0) is 16.2. The summed E-state index contributed by atoms with van der Waals surface area (Å²) in [5, 5.41) is 18.0. The maximum Gasteiger partial charge on any atom is 0.459 e. The molecule has 0 amide bonds. The number of hydrogen-bond donors (Lipinski definition) is 2. The third kappa shape index (κ3) is 5.08. The predicted octanol–water partition coefficient (Wildman–Crippen LogP) is 3.51. The first kappa shape index (κ1) is 19.4. The monoisotopic (exact) mass is 314 g/mol. The number of alkyl halides is 7. The Hall–Kier alpha value is -0.570. The summed E-state index contributed by atoms with van der Waals surface area (Å²) in [7, 11) is 0. The Morgan fingerprint density at radius 2 is 1.35 bits per heavy atom. The van der Waals surface area contributed by atoms with Crippen LogP contribution in [0, 0.1) is 0 Å². The second kappa shape index (κ2) is 6.46. The van der Waals surface area contributed by atoms with E-state index in [2.05, 4.69) is 0 Å². The standard InChI is InChI=1S/C11H17F7O2/c1-8(20,5-3-2-4-6-19)7-9(12,13)10(14,15)11(16,17)18/h19-20H,2-7H2,1H3. The number of halogens is 7. The Balaban J connectivity index is 4.73. The van der Waals surface area contributed by atoms with E-state index in [1.807, 2.05) is 0 Å². The SMILES string of the molecule is CC(O)(CCCCCO)CC(F)(F)C(F)(F)C(F)(F)F. The van der Waals surface area contributed by atoms with Gasteiger partial charge < -0.3 is 10.2 Å². The summed E-state index contributed by atoms with van der Waals surface area (Å²) in [6.07, 6.45) is -7.95. The predicted molar refractivity (Wildman–Crippen MR) is 56.7 cm³/mol. The fraction of sp³-hybridized carbons (Fsp3) is 1.00. The lowest BCUT2D eigenvalue weighted by Gasteiger charge is -2.33. The van der Waals surface area contributed by atoms with Crippen molar-refractivity contribution in [1.82, 2.24) is 0 Å². The van der Waals surface area contributed by atoms with Crippen LogP contribution in [0.2, 0.25) is 0 Å². The first-order valence-corrected chi connectivity index (χ1v) is 5.92. The molecule has 2 nitrogen and oxygen atoms in total. The largest absolute Gasteiger partial charge is 0.459 e. The lowest BCUT2D eigenvalue weighted by molar-refractivity contribution is -0.361. The Morgan fingerprint density at radius 3 is 1.75 bits per heavy atom. The molecule has 0 heterocycles. The average Bonchev–Trinajstić information content (AvgIpc) is 2.21. The molecule has 0 bridgehead atoms. The van der Waals surface area contributed by atoms with Crippen molar-refractivity contribution < 1.29 is 40.9 Å². The molecule has 9 heteroatoms. The number of aliphatic hydroxyl groups is 2. The van der Waals surface area contributed by atoms with E-state index in [1.54, 1.807) is 0 Å². The van der Waals surface area contributed by atoms with Gasteiger partial charge in [-0.3, -0.25) is 0 Å². The molecule has 1 unspecified atom stereocenters. The van der Waals surface area contributed by atoms with Crippen molar-refractivity contribution in [3.63, 3.8) is 0 Å². The summed E-state index contributed by atoms with van der Waals surface area (Å²) in [5.41, 5.74) is -2.35. The van der Waals surface area contributed by atoms with Gasteiger partial charge in [-0.25, -0.2) is 0 Å². The van der Waals surface area contributed by atoms with E-state index in [0.29, 0.717) is 12.8 Å². The van der Waals surface area contributed by atoms with Crippen LogP contribution in [0.25, 0.3) is 0 Å². The number of hydrogen-bond acceptors (Lipinski definition) is 2. The van der Waals surface area contributed by atoms with Crippen LogP contribution in [0.3, 0.4) is 0 Å². The van der Waals surface area contributed by atoms with Crippen LogP contribution in [-0.2, 0) is 0 Å². The van der Waals surface area contributed by atoms with Crippen LogP contribution in [-0.4, -0.2) is 40.4 Å². The van der Waals surface area contributed by atoms with Gasteiger partial charge in [0.05, 0.1) is 5.60 Å². The molecule has 0 fully saturated rings. The van der Waals surface area contributed by atoms with E-state index in [4.69, 9.17) is 5.11 Å². The van der Waals surface area contributed by atoms with Crippen molar-refractivity contribution in [1.29, 1.82) is 0 Å². The van der Waals surface area contributed by atoms with Crippen LogP contribution in [0.1, 0.15) is 39.0 Å². The summed E-state index contributed by atoms with van der Waals surface area (Å²) in [6.45, 7) is 0.622. The quantitative estimate of drug-likeness (QED) is 0.532. The zero-order valence-corrected chi connectivity index (χ0v) is 10.8. The van der Waals surface area contributed by atoms with E-state index in [1.165, 1.54) is 0 Å². The molecule has 0 aliphatic heterocycles. The maximum atomic E-state index is 13.1. The molecule has 0 aliphatic rings. The van der Waals surface area contributed by atoms with Crippen LogP contribution in [0.4, 0.5) is 30.7 Å². The molecule has 2 N–H and O–H groups in total. The average molecular weight is 314 g/mol. The zero-order valence-electron chi connectivity index (χ0n) is 10.8. The number of unbranched alkanes of at least 4 members (excludes halogenated alkanes) is 2. The highest BCUT2D eigenvalue weighted by Gasteiger charge is 2.73. The third-order valence-corrected chi connectivity index (χ3v) is 2.79. The summed E-state index contributed by atoms with van der Waals surface area (Å²) in [6, 6.07) is 0. The van der Waals surface area contributed by atoms with E-state index < -0.39 is 30.0 Å².